The van der Waals surface area contributed by atoms with E-state index in [0.717, 1.165) is 31.6 Å². The van der Waals surface area contributed by atoms with Crippen molar-refractivity contribution in [3.05, 3.63) is 77.2 Å². The van der Waals surface area contributed by atoms with Gasteiger partial charge in [-0.15, -0.1) is 10.2 Å². The van der Waals surface area contributed by atoms with Crippen LogP contribution in [0.15, 0.2) is 54.6 Å². The number of hydrogen-bond acceptors (Lipinski definition) is 8. The molecule has 0 spiro atoms. The van der Waals surface area contributed by atoms with Gasteiger partial charge in [0.15, 0.2) is 11.4 Å². The number of H-pyrrole nitrogens is 1. The zero-order valence-electron chi connectivity index (χ0n) is 25.7. The van der Waals surface area contributed by atoms with Crippen molar-refractivity contribution in [2.45, 2.75) is 75.5 Å². The van der Waals surface area contributed by atoms with E-state index in [1.165, 1.54) is 40.6 Å². The zero-order chi connectivity index (χ0) is 32.8. The average molecular weight is 621 g/mol. The van der Waals surface area contributed by atoms with E-state index < -0.39 is 36.4 Å². The van der Waals surface area contributed by atoms with Crippen molar-refractivity contribution in [3.8, 4) is 0 Å². The number of aliphatic carboxylic acids is 3. The summed E-state index contributed by atoms with van der Waals surface area (Å²) >= 11 is 0. The molecule has 1 aliphatic carbocycles. The first-order valence-corrected chi connectivity index (χ1v) is 14.8. The Bertz CT molecular complexity index is 1610. The molecule has 5 N–H and O–H groups in total. The fraction of sp³-hybridized carbons (Fsp3) is 0.438. The lowest BCUT2D eigenvalue weighted by atomic mass is 9.70. The molecule has 0 bridgehead atoms. The minimum Gasteiger partial charge on any atom is -0.481 e. The van der Waals surface area contributed by atoms with Crippen LogP contribution in [-0.2, 0) is 32.9 Å². The predicted octanol–water partition coefficient (Wildman–Crippen LogP) is 3.57. The third-order valence-corrected chi connectivity index (χ3v) is 8.63. The second-order valence-corrected chi connectivity index (χ2v) is 11.8. The van der Waals surface area contributed by atoms with Gasteiger partial charge in [-0.1, -0.05) is 48.5 Å². The fourth-order valence-electron chi connectivity index (χ4n) is 6.31. The van der Waals surface area contributed by atoms with Crippen molar-refractivity contribution < 1.29 is 34.8 Å². The van der Waals surface area contributed by atoms with Crippen molar-refractivity contribution in [1.29, 1.82) is 0 Å². The molecule has 0 atom stereocenters. The summed E-state index contributed by atoms with van der Waals surface area (Å²) in [5.41, 5.74) is 2.87. The molecule has 5 rings (SSSR count). The van der Waals surface area contributed by atoms with Crippen molar-refractivity contribution in [2.24, 2.45) is 0 Å². The Morgan fingerprint density at radius 3 is 2.11 bits per heavy atom. The molecular formula is C32H40N6O7. The summed E-state index contributed by atoms with van der Waals surface area (Å²) in [5.74, 6) is -3.76. The van der Waals surface area contributed by atoms with Crippen LogP contribution in [0.25, 0.3) is 10.9 Å². The van der Waals surface area contributed by atoms with Gasteiger partial charge in [-0.05, 0) is 81.4 Å². The maximum absolute atomic E-state index is 10.3. The summed E-state index contributed by atoms with van der Waals surface area (Å²) in [6.07, 6.45) is 3.29. The first kappa shape index (κ1) is 33.3. The first-order chi connectivity index (χ1) is 21.3. The molecule has 240 valence electrons. The number of aryl methyl sites for hydroxylation is 3. The van der Waals surface area contributed by atoms with E-state index in [1.807, 2.05) is 6.92 Å². The molecule has 1 fully saturated rings. The quantitative estimate of drug-likeness (QED) is 0.164. The number of fused-ring (bicyclic) bond motifs is 1. The van der Waals surface area contributed by atoms with Crippen LogP contribution in [0.5, 0.6) is 0 Å². The van der Waals surface area contributed by atoms with E-state index in [9.17, 15) is 14.4 Å². The van der Waals surface area contributed by atoms with Crippen LogP contribution >= 0.6 is 0 Å². The number of nitrogens with one attached hydrogen (secondary N) is 1. The van der Waals surface area contributed by atoms with Crippen LogP contribution in [0.1, 0.15) is 67.1 Å². The van der Waals surface area contributed by atoms with Gasteiger partial charge in [-0.25, -0.2) is 4.79 Å². The highest BCUT2D eigenvalue weighted by atomic mass is 16.4. The van der Waals surface area contributed by atoms with Gasteiger partial charge in [0.2, 0.25) is 0 Å². The van der Waals surface area contributed by atoms with E-state index in [-0.39, 0.29) is 5.54 Å². The number of benzene rings is 2. The van der Waals surface area contributed by atoms with E-state index in [0.29, 0.717) is 5.92 Å². The summed E-state index contributed by atoms with van der Waals surface area (Å²) in [7, 11) is 4.46. The Balaban J connectivity index is 0.000000302. The summed E-state index contributed by atoms with van der Waals surface area (Å²) < 4.78 is 0. The normalized spacial score (nSPS) is 18.4. The zero-order valence-corrected chi connectivity index (χ0v) is 25.7. The third kappa shape index (κ3) is 7.73. The first-order valence-electron chi connectivity index (χ1n) is 14.8. The van der Waals surface area contributed by atoms with Gasteiger partial charge in [-0.3, -0.25) is 14.5 Å². The molecule has 0 aliphatic heterocycles. The van der Waals surface area contributed by atoms with Gasteiger partial charge >= 0.3 is 17.9 Å². The molecule has 2 aromatic carbocycles. The van der Waals surface area contributed by atoms with Gasteiger partial charge in [0.1, 0.15) is 0 Å². The minimum atomic E-state index is -2.74. The van der Waals surface area contributed by atoms with Crippen LogP contribution in [0.3, 0.4) is 0 Å². The molecule has 0 saturated heterocycles. The van der Waals surface area contributed by atoms with Crippen molar-refractivity contribution in [1.82, 2.24) is 30.1 Å². The lowest BCUT2D eigenvalue weighted by Gasteiger charge is -2.45. The molecule has 2 aromatic heterocycles. The van der Waals surface area contributed by atoms with Crippen LogP contribution in [0.2, 0.25) is 0 Å². The largest absolute Gasteiger partial charge is 0.481 e. The summed E-state index contributed by atoms with van der Waals surface area (Å²) in [6, 6.07) is 19.7. The topological polar surface area (TPSA) is 195 Å². The van der Waals surface area contributed by atoms with Crippen LogP contribution < -0.4 is 0 Å². The Morgan fingerprint density at radius 1 is 0.978 bits per heavy atom. The Labute approximate surface area is 260 Å². The van der Waals surface area contributed by atoms with Crippen LogP contribution in [-0.4, -0.2) is 88.1 Å². The molecule has 0 amide bonds. The van der Waals surface area contributed by atoms with Crippen molar-refractivity contribution in [3.63, 3.8) is 0 Å². The van der Waals surface area contributed by atoms with Gasteiger partial charge < -0.3 is 25.4 Å². The van der Waals surface area contributed by atoms with Gasteiger partial charge in [0.05, 0.1) is 19.4 Å². The maximum Gasteiger partial charge on any atom is 0.336 e. The fourth-order valence-corrected chi connectivity index (χ4v) is 6.31. The molecule has 13 nitrogen and oxygen atoms in total. The lowest BCUT2D eigenvalue weighted by molar-refractivity contribution is -0.170. The lowest BCUT2D eigenvalue weighted by Crippen LogP contribution is -2.44. The van der Waals surface area contributed by atoms with E-state index >= 15 is 0 Å². The van der Waals surface area contributed by atoms with E-state index in [1.54, 1.807) is 4.80 Å². The number of aromatic amines is 1. The van der Waals surface area contributed by atoms with Crippen molar-refractivity contribution >= 4 is 28.8 Å². The molecule has 1 saturated carbocycles. The second-order valence-electron chi connectivity index (χ2n) is 11.8. The molecule has 13 heteroatoms. The highest BCUT2D eigenvalue weighted by molar-refractivity contribution is 5.88. The molecule has 0 unspecified atom stereocenters. The van der Waals surface area contributed by atoms with Crippen LogP contribution in [0.4, 0.5) is 0 Å². The number of nitrogens with zero attached hydrogens (tertiary/aromatic N) is 5. The molecule has 45 heavy (non-hydrogen) atoms. The molecule has 0 radical (unpaired) electrons. The SMILES string of the molecule is Cc1nnn(CCc2c(C3CCC(c4ccccc4)(N(C)C)CC3)[nH]c3ccccc23)n1.O=C(O)CC(O)(CC(=O)O)C(=O)O. The summed E-state index contributed by atoms with van der Waals surface area (Å²) in [5, 5.41) is 47.7. The molecule has 1 aliphatic rings. The number of carboxylic acids is 3. The molecular weight excluding hydrogens is 580 g/mol. The second kappa shape index (κ2) is 14.0. The highest BCUT2D eigenvalue weighted by Crippen LogP contribution is 2.47. The van der Waals surface area contributed by atoms with Gasteiger partial charge in [0.25, 0.3) is 0 Å². The number of carbonyl (C=O) groups is 3. The van der Waals surface area contributed by atoms with E-state index in [2.05, 4.69) is 94.0 Å². The minimum absolute atomic E-state index is 0.117. The van der Waals surface area contributed by atoms with Gasteiger partial charge in [-0.2, -0.15) is 4.80 Å². The number of carboxylic acid groups (broad SMARTS) is 3. The monoisotopic (exact) mass is 620 g/mol. The molecule has 2 heterocycles. The number of hydrogen-bond donors (Lipinski definition) is 5. The molecule has 4 aromatic rings. The summed E-state index contributed by atoms with van der Waals surface area (Å²) in [4.78, 5) is 38.4. The summed E-state index contributed by atoms with van der Waals surface area (Å²) in [6.45, 7) is 2.63. The highest BCUT2D eigenvalue weighted by Gasteiger charge is 2.41. The number of para-hydroxylation sites is 1. The smallest absolute Gasteiger partial charge is 0.336 e. The van der Waals surface area contributed by atoms with Crippen LogP contribution in [0, 0.1) is 6.92 Å². The van der Waals surface area contributed by atoms with Crippen molar-refractivity contribution in [2.75, 3.05) is 14.1 Å². The average Bonchev–Trinajstić information content (AvgIpc) is 3.58. The maximum atomic E-state index is 10.3. The van der Waals surface area contributed by atoms with E-state index in [4.69, 9.17) is 20.4 Å². The number of aromatic nitrogens is 5. The Morgan fingerprint density at radius 2 is 1.58 bits per heavy atom. The Kier molecular flexibility index (Phi) is 10.3. The number of rotatable bonds is 11. The predicted molar refractivity (Wildman–Crippen MR) is 165 cm³/mol. The number of aliphatic hydroxyl groups is 1. The van der Waals surface area contributed by atoms with Gasteiger partial charge in [0, 0.05) is 22.1 Å². The number of tetrazole rings is 1. The Hall–Kier alpha value is -4.62. The third-order valence-electron chi connectivity index (χ3n) is 8.63. The standard InChI is InChI=1S/C26H32N6.C6H8O7/c1-19-28-30-32(29-19)18-15-23-22-11-7-8-12-24(22)27-25(23)20-13-16-26(17-14-20,31(2)3)21-9-5-4-6-10-21;7-3(8)1-6(13,5(11)12)2-4(9)10/h4-12,20,27H,13-18H2,1-3H3;13H,1-2H2,(H,7,8)(H,9,10)(H,11,12).